The average Bonchev–Trinajstić information content (AvgIpc) is 2.80. The maximum absolute atomic E-state index is 13.2. The maximum atomic E-state index is 13.2. The second kappa shape index (κ2) is 9.05. The van der Waals surface area contributed by atoms with Gasteiger partial charge in [-0.2, -0.15) is 4.31 Å². The smallest absolute Gasteiger partial charge is 0.331 e. The van der Waals surface area contributed by atoms with E-state index >= 15 is 0 Å². The summed E-state index contributed by atoms with van der Waals surface area (Å²) in [6.45, 7) is -0.620. The number of halogens is 1. The monoisotopic (exact) mass is 500 g/mol. The summed E-state index contributed by atoms with van der Waals surface area (Å²) >= 11 is 5.99. The zero-order valence-corrected chi connectivity index (χ0v) is 19.4. The van der Waals surface area contributed by atoms with Gasteiger partial charge in [-0.15, -0.1) is 0 Å². The number of rotatable bonds is 6. The van der Waals surface area contributed by atoms with E-state index in [1.54, 1.807) is 24.3 Å². The summed E-state index contributed by atoms with van der Waals surface area (Å²) in [4.78, 5) is 26.1. The fraction of sp³-hybridized carbons (Fsp3) is 0.174. The predicted octanol–water partition coefficient (Wildman–Crippen LogP) is 2.44. The highest BCUT2D eigenvalue weighted by Gasteiger charge is 2.38. The second-order valence-corrected chi connectivity index (χ2v) is 10.2. The Kier molecular flexibility index (Phi) is 6.30. The van der Waals surface area contributed by atoms with Crippen molar-refractivity contribution < 1.29 is 23.1 Å². The van der Waals surface area contributed by atoms with Gasteiger partial charge in [0.2, 0.25) is 15.9 Å². The Hall–Kier alpha value is -3.47. The van der Waals surface area contributed by atoms with E-state index in [9.17, 15) is 23.1 Å². The summed E-state index contributed by atoms with van der Waals surface area (Å²) < 4.78 is 27.5. The van der Waals surface area contributed by atoms with Gasteiger partial charge in [0.15, 0.2) is 6.04 Å². The third kappa shape index (κ3) is 4.47. The Balaban J connectivity index is 1.57. The lowest BCUT2D eigenvalue weighted by Gasteiger charge is -2.37. The number of sulfonamides is 1. The first-order valence-electron chi connectivity index (χ1n) is 10.2. The molecule has 176 valence electrons. The first-order chi connectivity index (χ1) is 16.1. The van der Waals surface area contributed by atoms with Crippen LogP contribution in [-0.2, 0) is 19.6 Å². The van der Waals surface area contributed by atoms with Gasteiger partial charge in [-0.05, 0) is 40.6 Å². The lowest BCUT2D eigenvalue weighted by molar-refractivity contribution is -0.152. The van der Waals surface area contributed by atoms with Gasteiger partial charge >= 0.3 is 5.97 Å². The maximum Gasteiger partial charge on any atom is 0.331 e. The standard InChI is InChI=1S/C23H21ClN4O5S/c24-18-7-5-17-12-19(8-6-16(17)11-18)34(32,33)27-9-10-28(20(29)13-27)21(23(30)31)14-1-3-15(4-2-14)22(25)26/h1-8,11-12,21H,9-10,13H2,(H3,25,26)(H,30,31). The molecule has 0 spiro atoms. The molecule has 0 aromatic heterocycles. The van der Waals surface area contributed by atoms with Gasteiger partial charge in [-0.3, -0.25) is 10.2 Å². The van der Waals surface area contributed by atoms with Crippen LogP contribution in [0.2, 0.25) is 5.02 Å². The van der Waals surface area contributed by atoms with Crippen molar-refractivity contribution in [2.45, 2.75) is 10.9 Å². The number of carboxylic acids is 1. The number of nitrogens with zero attached hydrogens (tertiary/aromatic N) is 2. The van der Waals surface area contributed by atoms with Gasteiger partial charge in [-0.1, -0.05) is 48.0 Å². The molecule has 0 aliphatic carbocycles. The molecule has 1 unspecified atom stereocenters. The summed E-state index contributed by atoms with van der Waals surface area (Å²) in [5.74, 6) is -2.02. The van der Waals surface area contributed by atoms with Crippen molar-refractivity contribution in [2.75, 3.05) is 19.6 Å². The van der Waals surface area contributed by atoms with Gasteiger partial charge in [0, 0.05) is 23.7 Å². The molecule has 1 saturated heterocycles. The number of nitrogen functional groups attached to an aromatic ring is 1. The minimum atomic E-state index is -3.98. The number of carboxylic acid groups (broad SMARTS) is 1. The normalized spacial score (nSPS) is 15.9. The first-order valence-corrected chi connectivity index (χ1v) is 12.1. The Morgan fingerprint density at radius 3 is 2.29 bits per heavy atom. The number of nitrogens with two attached hydrogens (primary N) is 1. The van der Waals surface area contributed by atoms with E-state index in [1.165, 1.54) is 36.4 Å². The summed E-state index contributed by atoms with van der Waals surface area (Å²) in [7, 11) is -3.98. The molecule has 1 atom stereocenters. The minimum Gasteiger partial charge on any atom is -0.479 e. The van der Waals surface area contributed by atoms with Crippen LogP contribution in [0.4, 0.5) is 0 Å². The number of carbonyl (C=O) groups excluding carboxylic acids is 1. The van der Waals surface area contributed by atoms with Gasteiger partial charge in [-0.25, -0.2) is 13.2 Å². The van der Waals surface area contributed by atoms with Gasteiger partial charge < -0.3 is 15.7 Å². The van der Waals surface area contributed by atoms with Crippen LogP contribution < -0.4 is 5.73 Å². The van der Waals surface area contributed by atoms with Crippen LogP contribution in [0.15, 0.2) is 65.6 Å². The number of hydrogen-bond acceptors (Lipinski definition) is 5. The van der Waals surface area contributed by atoms with Crippen molar-refractivity contribution in [3.63, 3.8) is 0 Å². The topological polar surface area (TPSA) is 145 Å². The van der Waals surface area contributed by atoms with Crippen molar-refractivity contribution in [1.82, 2.24) is 9.21 Å². The number of amidine groups is 1. The number of piperazine rings is 1. The van der Waals surface area contributed by atoms with E-state index in [1.807, 2.05) is 0 Å². The Labute approximate surface area is 200 Å². The van der Waals surface area contributed by atoms with E-state index in [-0.39, 0.29) is 23.8 Å². The molecule has 1 amide bonds. The highest BCUT2D eigenvalue weighted by atomic mass is 35.5. The Morgan fingerprint density at radius 2 is 1.68 bits per heavy atom. The third-order valence-corrected chi connectivity index (χ3v) is 7.79. The van der Waals surface area contributed by atoms with E-state index < -0.39 is 34.5 Å². The minimum absolute atomic E-state index is 0.0400. The molecule has 1 fully saturated rings. The molecule has 1 aliphatic heterocycles. The van der Waals surface area contributed by atoms with E-state index in [4.69, 9.17) is 22.7 Å². The SMILES string of the molecule is N=C(N)c1ccc(C(C(=O)O)N2CCN(S(=O)(=O)c3ccc4cc(Cl)ccc4c3)CC2=O)cc1. The quantitative estimate of drug-likeness (QED) is 0.350. The number of nitrogens with one attached hydrogen (secondary N) is 1. The van der Waals surface area contributed by atoms with Crippen molar-refractivity contribution in [2.24, 2.45) is 5.73 Å². The number of benzene rings is 3. The summed E-state index contributed by atoms with van der Waals surface area (Å²) in [6.07, 6.45) is 0. The predicted molar refractivity (Wildman–Crippen MR) is 127 cm³/mol. The molecular weight excluding hydrogens is 480 g/mol. The lowest BCUT2D eigenvalue weighted by atomic mass is 10.0. The lowest BCUT2D eigenvalue weighted by Crippen LogP contribution is -2.54. The number of aliphatic carboxylic acids is 1. The van der Waals surface area contributed by atoms with Crippen molar-refractivity contribution in [3.8, 4) is 0 Å². The largest absolute Gasteiger partial charge is 0.479 e. The zero-order chi connectivity index (χ0) is 24.6. The number of amides is 1. The molecule has 34 heavy (non-hydrogen) atoms. The molecule has 1 aliphatic rings. The van der Waals surface area contributed by atoms with Crippen LogP contribution in [0, 0.1) is 5.41 Å². The second-order valence-electron chi connectivity index (χ2n) is 7.86. The van der Waals surface area contributed by atoms with E-state index in [0.717, 1.165) is 14.6 Å². The van der Waals surface area contributed by atoms with Crippen molar-refractivity contribution >= 4 is 50.1 Å². The summed E-state index contributed by atoms with van der Waals surface area (Å²) in [5.41, 5.74) is 6.19. The molecular formula is C23H21ClN4O5S. The van der Waals surface area contributed by atoms with Crippen LogP contribution in [0.1, 0.15) is 17.2 Å². The first kappa shape index (κ1) is 23.7. The van der Waals surface area contributed by atoms with Gasteiger partial charge in [0.1, 0.15) is 5.84 Å². The van der Waals surface area contributed by atoms with E-state index in [0.29, 0.717) is 21.5 Å². The highest BCUT2D eigenvalue weighted by molar-refractivity contribution is 7.89. The molecule has 11 heteroatoms. The molecule has 0 radical (unpaired) electrons. The highest BCUT2D eigenvalue weighted by Crippen LogP contribution is 2.28. The van der Waals surface area contributed by atoms with Crippen LogP contribution in [0.3, 0.4) is 0 Å². The van der Waals surface area contributed by atoms with Crippen molar-refractivity contribution in [3.05, 3.63) is 76.8 Å². The van der Waals surface area contributed by atoms with Crippen molar-refractivity contribution in [1.29, 1.82) is 5.41 Å². The Morgan fingerprint density at radius 1 is 1.03 bits per heavy atom. The molecule has 3 aromatic rings. The molecule has 0 saturated carbocycles. The third-order valence-electron chi connectivity index (χ3n) is 5.72. The Bertz CT molecular complexity index is 1410. The van der Waals surface area contributed by atoms with Crippen LogP contribution in [-0.4, -0.2) is 60.1 Å². The van der Waals surface area contributed by atoms with Gasteiger partial charge in [0.25, 0.3) is 0 Å². The van der Waals surface area contributed by atoms with E-state index in [2.05, 4.69) is 0 Å². The fourth-order valence-corrected chi connectivity index (χ4v) is 5.54. The van der Waals surface area contributed by atoms with Crippen LogP contribution in [0.25, 0.3) is 10.8 Å². The molecule has 3 aromatic carbocycles. The number of fused-ring (bicyclic) bond motifs is 1. The average molecular weight is 501 g/mol. The zero-order valence-electron chi connectivity index (χ0n) is 17.8. The summed E-state index contributed by atoms with van der Waals surface area (Å²) in [6, 6.07) is 14.4. The molecule has 1 heterocycles. The number of hydrogen-bond donors (Lipinski definition) is 3. The molecule has 9 nitrogen and oxygen atoms in total. The summed E-state index contributed by atoms with van der Waals surface area (Å²) in [5, 5.41) is 19.3. The van der Waals surface area contributed by atoms with Crippen LogP contribution >= 0.6 is 11.6 Å². The van der Waals surface area contributed by atoms with Crippen LogP contribution in [0.5, 0.6) is 0 Å². The molecule has 4 N–H and O–H groups in total. The molecule has 4 rings (SSSR count). The van der Waals surface area contributed by atoms with Gasteiger partial charge in [0.05, 0.1) is 11.4 Å². The fourth-order valence-electron chi connectivity index (χ4n) is 3.95. The number of carbonyl (C=O) groups is 2. The molecule has 0 bridgehead atoms.